The number of aromatic nitrogens is 6. The van der Waals surface area contributed by atoms with Crippen molar-refractivity contribution in [3.8, 4) is 0 Å². The molecular weight excluding hydrogens is 290 g/mol. The van der Waals surface area contributed by atoms with Crippen LogP contribution in [0.1, 0.15) is 31.3 Å². The van der Waals surface area contributed by atoms with Gasteiger partial charge in [0.15, 0.2) is 11.5 Å². The number of nitrogens with zero attached hydrogens (tertiary/aromatic N) is 6. The van der Waals surface area contributed by atoms with Gasteiger partial charge in [0, 0.05) is 24.7 Å². The van der Waals surface area contributed by atoms with Gasteiger partial charge < -0.3 is 9.88 Å². The molecule has 1 aliphatic heterocycles. The molecule has 0 unspecified atom stereocenters. The van der Waals surface area contributed by atoms with E-state index in [9.17, 15) is 0 Å². The van der Waals surface area contributed by atoms with E-state index in [1.807, 2.05) is 19.2 Å². The van der Waals surface area contributed by atoms with Crippen LogP contribution in [0.4, 0.5) is 5.82 Å². The predicted octanol–water partition coefficient (Wildman–Crippen LogP) is 2.01. The molecule has 118 valence electrons. The van der Waals surface area contributed by atoms with Gasteiger partial charge in [0.05, 0.1) is 12.0 Å². The number of nitrogens with one attached hydrogen (secondary N) is 1. The Morgan fingerprint density at radius 3 is 2.74 bits per heavy atom. The van der Waals surface area contributed by atoms with E-state index in [1.165, 1.54) is 0 Å². The van der Waals surface area contributed by atoms with Crippen LogP contribution in [-0.4, -0.2) is 43.0 Å². The summed E-state index contributed by atoms with van der Waals surface area (Å²) >= 11 is 0. The maximum Gasteiger partial charge on any atom is 0.182 e. The Kier molecular flexibility index (Phi) is 3.21. The summed E-state index contributed by atoms with van der Waals surface area (Å²) in [7, 11) is 0. The minimum absolute atomic E-state index is 0.0876. The Morgan fingerprint density at radius 1 is 1.13 bits per heavy atom. The highest BCUT2D eigenvalue weighted by Gasteiger charge is 2.34. The Hall–Kier alpha value is -2.57. The van der Waals surface area contributed by atoms with Gasteiger partial charge in [-0.05, 0) is 25.8 Å². The Balaban J connectivity index is 1.58. The molecule has 0 amide bonds. The van der Waals surface area contributed by atoms with Gasteiger partial charge in [0.2, 0.25) is 0 Å². The molecule has 7 heteroatoms. The van der Waals surface area contributed by atoms with Crippen LogP contribution in [0.3, 0.4) is 0 Å². The van der Waals surface area contributed by atoms with Gasteiger partial charge in [-0.2, -0.15) is 0 Å². The summed E-state index contributed by atoms with van der Waals surface area (Å²) in [5.41, 5.74) is 2.85. The number of rotatable bonds is 2. The predicted molar refractivity (Wildman–Crippen MR) is 87.3 cm³/mol. The molecule has 23 heavy (non-hydrogen) atoms. The van der Waals surface area contributed by atoms with E-state index in [4.69, 9.17) is 0 Å². The van der Waals surface area contributed by atoms with E-state index >= 15 is 0 Å². The highest BCUT2D eigenvalue weighted by molar-refractivity contribution is 5.82. The lowest BCUT2D eigenvalue weighted by Gasteiger charge is -2.39. The second-order valence-electron chi connectivity index (χ2n) is 6.34. The number of piperidine rings is 1. The number of imidazole rings is 1. The molecular formula is C16H19N7. The number of H-pyrrole nitrogens is 1. The van der Waals surface area contributed by atoms with E-state index in [1.54, 1.807) is 12.7 Å². The summed E-state index contributed by atoms with van der Waals surface area (Å²) in [5.74, 6) is 1.77. The first-order valence-electron chi connectivity index (χ1n) is 7.85. The largest absolute Gasteiger partial charge is 0.355 e. The van der Waals surface area contributed by atoms with Gasteiger partial charge in [0.25, 0.3) is 0 Å². The quantitative estimate of drug-likeness (QED) is 0.779. The number of aryl methyl sites for hydroxylation is 1. The number of aromatic amines is 1. The maximum absolute atomic E-state index is 4.64. The molecule has 4 rings (SSSR count). The van der Waals surface area contributed by atoms with Gasteiger partial charge in [-0.25, -0.2) is 24.9 Å². The average molecular weight is 309 g/mol. The molecule has 0 radical (unpaired) electrons. The summed E-state index contributed by atoms with van der Waals surface area (Å²) in [6.07, 6.45) is 7.17. The summed E-state index contributed by atoms with van der Waals surface area (Å²) in [6.45, 7) is 6.10. The number of fused-ring (bicyclic) bond motifs is 1. The molecule has 0 spiro atoms. The lowest BCUT2D eigenvalue weighted by atomic mass is 9.77. The van der Waals surface area contributed by atoms with Crippen molar-refractivity contribution in [2.75, 3.05) is 18.0 Å². The maximum atomic E-state index is 4.64. The fourth-order valence-corrected chi connectivity index (χ4v) is 3.25. The van der Waals surface area contributed by atoms with Gasteiger partial charge in [-0.3, -0.25) is 0 Å². The van der Waals surface area contributed by atoms with Crippen LogP contribution < -0.4 is 4.90 Å². The topological polar surface area (TPSA) is 83.5 Å². The minimum atomic E-state index is 0.0876. The van der Waals surface area contributed by atoms with Crippen LogP contribution >= 0.6 is 0 Å². The highest BCUT2D eigenvalue weighted by atomic mass is 15.2. The van der Waals surface area contributed by atoms with E-state index in [-0.39, 0.29) is 5.41 Å². The first-order chi connectivity index (χ1) is 11.2. The molecule has 7 nitrogen and oxygen atoms in total. The second-order valence-corrected chi connectivity index (χ2v) is 6.34. The molecule has 1 N–H and O–H groups in total. The Bertz CT molecular complexity index is 833. The standard InChI is InChI=1S/C16H19N7/c1-11-17-6-3-12(22-11)16(2)4-7-23(8-5-16)15-13-14(19-9-18-13)20-10-21-15/h3,6,9-10H,4-5,7-8H2,1-2H3,(H,18,19,20,21). The SMILES string of the molecule is Cc1nccc(C2(C)CCN(c3ncnc4nc[nH]c34)CC2)n1. The smallest absolute Gasteiger partial charge is 0.182 e. The van der Waals surface area contributed by atoms with Crippen molar-refractivity contribution in [2.45, 2.75) is 32.1 Å². The fourth-order valence-electron chi connectivity index (χ4n) is 3.25. The van der Waals surface area contributed by atoms with E-state index < -0.39 is 0 Å². The van der Waals surface area contributed by atoms with Crippen LogP contribution in [0.15, 0.2) is 24.9 Å². The molecule has 0 saturated carbocycles. The average Bonchev–Trinajstić information content (AvgIpc) is 3.04. The summed E-state index contributed by atoms with van der Waals surface area (Å²) < 4.78 is 0. The second kappa shape index (κ2) is 5.26. The van der Waals surface area contributed by atoms with Gasteiger partial charge in [0.1, 0.15) is 17.7 Å². The van der Waals surface area contributed by atoms with Crippen molar-refractivity contribution in [1.82, 2.24) is 29.9 Å². The van der Waals surface area contributed by atoms with Crippen molar-refractivity contribution >= 4 is 17.0 Å². The summed E-state index contributed by atoms with van der Waals surface area (Å²) in [4.78, 5) is 27.1. The summed E-state index contributed by atoms with van der Waals surface area (Å²) in [5, 5.41) is 0. The molecule has 1 saturated heterocycles. The van der Waals surface area contributed by atoms with Crippen LogP contribution in [0.5, 0.6) is 0 Å². The Morgan fingerprint density at radius 2 is 1.96 bits per heavy atom. The molecule has 0 aromatic carbocycles. The number of hydrogen-bond acceptors (Lipinski definition) is 6. The zero-order valence-corrected chi connectivity index (χ0v) is 13.3. The van der Waals surface area contributed by atoms with Crippen molar-refractivity contribution in [3.63, 3.8) is 0 Å². The molecule has 0 aliphatic carbocycles. The molecule has 1 fully saturated rings. The first-order valence-corrected chi connectivity index (χ1v) is 7.85. The lowest BCUT2D eigenvalue weighted by molar-refractivity contribution is 0.351. The number of anilines is 1. The zero-order valence-electron chi connectivity index (χ0n) is 13.3. The monoisotopic (exact) mass is 309 g/mol. The van der Waals surface area contributed by atoms with E-state index in [0.29, 0.717) is 0 Å². The molecule has 4 heterocycles. The van der Waals surface area contributed by atoms with Crippen LogP contribution in [0.25, 0.3) is 11.2 Å². The molecule has 0 bridgehead atoms. The lowest BCUT2D eigenvalue weighted by Crippen LogP contribution is -2.42. The first kappa shape index (κ1) is 14.0. The van der Waals surface area contributed by atoms with Crippen molar-refractivity contribution in [3.05, 3.63) is 36.4 Å². The molecule has 3 aromatic heterocycles. The third-order valence-corrected chi connectivity index (χ3v) is 4.76. The molecule has 3 aromatic rings. The normalized spacial score (nSPS) is 17.6. The van der Waals surface area contributed by atoms with Crippen molar-refractivity contribution in [1.29, 1.82) is 0 Å². The third kappa shape index (κ3) is 2.42. The fraction of sp³-hybridized carbons (Fsp3) is 0.438. The van der Waals surface area contributed by atoms with Crippen LogP contribution in [0.2, 0.25) is 0 Å². The number of hydrogen-bond donors (Lipinski definition) is 1. The summed E-state index contributed by atoms with van der Waals surface area (Å²) in [6, 6.07) is 2.04. The van der Waals surface area contributed by atoms with E-state index in [0.717, 1.165) is 54.4 Å². The van der Waals surface area contributed by atoms with Gasteiger partial charge in [-0.15, -0.1) is 0 Å². The van der Waals surface area contributed by atoms with Crippen molar-refractivity contribution < 1.29 is 0 Å². The van der Waals surface area contributed by atoms with Crippen LogP contribution in [0, 0.1) is 6.92 Å². The molecule has 1 aliphatic rings. The third-order valence-electron chi connectivity index (χ3n) is 4.76. The van der Waals surface area contributed by atoms with Crippen molar-refractivity contribution in [2.24, 2.45) is 0 Å². The van der Waals surface area contributed by atoms with Gasteiger partial charge >= 0.3 is 0 Å². The van der Waals surface area contributed by atoms with Gasteiger partial charge in [-0.1, -0.05) is 6.92 Å². The van der Waals surface area contributed by atoms with E-state index in [2.05, 4.69) is 41.7 Å². The Labute approximate surface area is 134 Å². The zero-order chi connectivity index (χ0) is 15.9. The molecule has 0 atom stereocenters. The van der Waals surface area contributed by atoms with Crippen LogP contribution in [-0.2, 0) is 5.41 Å². The minimum Gasteiger partial charge on any atom is -0.355 e. The highest BCUT2D eigenvalue weighted by Crippen LogP contribution is 2.35.